The van der Waals surface area contributed by atoms with E-state index in [4.69, 9.17) is 0 Å². The first-order valence-corrected chi connectivity index (χ1v) is 9.72. The maximum atomic E-state index is 12.9. The first-order chi connectivity index (χ1) is 13.8. The van der Waals surface area contributed by atoms with E-state index in [0.29, 0.717) is 39.9 Å². The summed E-state index contributed by atoms with van der Waals surface area (Å²) in [7, 11) is 0. The summed E-state index contributed by atoms with van der Waals surface area (Å²) in [5.41, 5.74) is 2.38. The van der Waals surface area contributed by atoms with Crippen LogP contribution in [0.15, 0.2) is 46.0 Å². The van der Waals surface area contributed by atoms with Crippen molar-refractivity contribution >= 4 is 38.0 Å². The summed E-state index contributed by atoms with van der Waals surface area (Å²) in [4.78, 5) is 36.2. The van der Waals surface area contributed by atoms with Gasteiger partial charge in [-0.3, -0.25) is 9.59 Å². The lowest BCUT2D eigenvalue weighted by atomic mass is 10.2. The largest absolute Gasteiger partial charge is 0.319 e. The van der Waals surface area contributed by atoms with Crippen molar-refractivity contribution in [1.29, 1.82) is 0 Å². The summed E-state index contributed by atoms with van der Waals surface area (Å²) in [6.45, 7) is 3.67. The summed E-state index contributed by atoms with van der Waals surface area (Å²) < 4.78 is 25.7. The Labute approximate surface area is 172 Å². The molecule has 0 spiro atoms. The molecule has 29 heavy (non-hydrogen) atoms. The Morgan fingerprint density at radius 3 is 1.97 bits per heavy atom. The fourth-order valence-electron chi connectivity index (χ4n) is 2.68. The van der Waals surface area contributed by atoms with Gasteiger partial charge in [-0.25, -0.2) is 18.7 Å². The maximum Gasteiger partial charge on any atom is 0.271 e. The molecule has 2 N–H and O–H groups in total. The lowest BCUT2D eigenvalue weighted by Crippen LogP contribution is -2.15. The Hall–Kier alpha value is -2.94. The van der Waals surface area contributed by atoms with Crippen molar-refractivity contribution in [3.63, 3.8) is 0 Å². The van der Waals surface area contributed by atoms with Crippen LogP contribution in [-0.2, 0) is 6.42 Å². The number of nitrogens with one attached hydrogen (secondary N) is 2. The first-order valence-electron chi connectivity index (χ1n) is 8.80. The van der Waals surface area contributed by atoms with Gasteiger partial charge in [-0.05, 0) is 49.7 Å². The molecule has 0 bridgehead atoms. The highest BCUT2D eigenvalue weighted by atomic mass is 79.9. The lowest BCUT2D eigenvalue weighted by Gasteiger charge is -2.03. The summed E-state index contributed by atoms with van der Waals surface area (Å²) in [6.07, 6.45) is 0.572. The van der Waals surface area contributed by atoms with Crippen LogP contribution in [0.5, 0.6) is 0 Å². The SMILES string of the molecule is CC(Br)c1nc2ccc(F)cc2[nH]c1=O.CCc1nc2ccc(F)cc2[nH]c1=O. The second kappa shape index (κ2) is 8.60. The van der Waals surface area contributed by atoms with Crippen LogP contribution < -0.4 is 11.1 Å². The van der Waals surface area contributed by atoms with E-state index in [1.807, 2.05) is 13.8 Å². The molecule has 0 radical (unpaired) electrons. The average Bonchev–Trinajstić information content (AvgIpc) is 2.67. The van der Waals surface area contributed by atoms with Crippen LogP contribution in [0.25, 0.3) is 22.1 Å². The number of aromatic nitrogens is 4. The number of fused-ring (bicyclic) bond motifs is 2. The molecule has 1 atom stereocenters. The number of rotatable bonds is 2. The molecule has 2 aromatic heterocycles. The maximum absolute atomic E-state index is 12.9. The second-order valence-electron chi connectivity index (χ2n) is 6.26. The van der Waals surface area contributed by atoms with Crippen LogP contribution in [0.4, 0.5) is 8.78 Å². The zero-order chi connectivity index (χ0) is 21.1. The summed E-state index contributed by atoms with van der Waals surface area (Å²) in [6, 6.07) is 8.26. The van der Waals surface area contributed by atoms with Crippen molar-refractivity contribution in [3.05, 3.63) is 80.1 Å². The quantitative estimate of drug-likeness (QED) is 0.437. The van der Waals surface area contributed by atoms with Crippen LogP contribution in [0.3, 0.4) is 0 Å². The summed E-state index contributed by atoms with van der Waals surface area (Å²) in [5, 5.41) is 0. The molecule has 0 saturated carbocycles. The number of aromatic amines is 2. The third-order valence-electron chi connectivity index (χ3n) is 4.12. The molecule has 4 rings (SSSR count). The van der Waals surface area contributed by atoms with Crippen molar-refractivity contribution in [2.75, 3.05) is 0 Å². The van der Waals surface area contributed by atoms with E-state index in [1.54, 1.807) is 12.1 Å². The van der Waals surface area contributed by atoms with Crippen molar-refractivity contribution in [2.45, 2.75) is 25.1 Å². The molecular formula is C20H17BrF2N4O2. The van der Waals surface area contributed by atoms with Gasteiger partial charge in [0.1, 0.15) is 23.0 Å². The summed E-state index contributed by atoms with van der Waals surface area (Å²) in [5.74, 6) is -0.765. The molecule has 0 fully saturated rings. The second-order valence-corrected chi connectivity index (χ2v) is 7.63. The molecule has 0 aliphatic heterocycles. The van der Waals surface area contributed by atoms with Crippen LogP contribution in [0.2, 0.25) is 0 Å². The molecule has 2 aromatic carbocycles. The van der Waals surface area contributed by atoms with Gasteiger partial charge < -0.3 is 9.97 Å². The van der Waals surface area contributed by atoms with Gasteiger partial charge >= 0.3 is 0 Å². The molecule has 0 amide bonds. The zero-order valence-electron chi connectivity index (χ0n) is 15.6. The number of alkyl halides is 1. The summed E-state index contributed by atoms with van der Waals surface area (Å²) >= 11 is 3.28. The fourth-order valence-corrected chi connectivity index (χ4v) is 2.99. The van der Waals surface area contributed by atoms with E-state index in [2.05, 4.69) is 35.9 Å². The molecule has 1 unspecified atom stereocenters. The van der Waals surface area contributed by atoms with Crippen molar-refractivity contribution in [3.8, 4) is 0 Å². The Bertz CT molecular complexity index is 1300. The Balaban J connectivity index is 0.000000166. The minimum atomic E-state index is -0.389. The predicted octanol–water partition coefficient (Wildman–Crippen LogP) is 4.14. The molecule has 150 valence electrons. The van der Waals surface area contributed by atoms with Crippen molar-refractivity contribution in [1.82, 2.24) is 19.9 Å². The Morgan fingerprint density at radius 1 is 0.931 bits per heavy atom. The Morgan fingerprint density at radius 2 is 1.45 bits per heavy atom. The minimum absolute atomic E-state index is 0.129. The monoisotopic (exact) mass is 462 g/mol. The third kappa shape index (κ3) is 4.73. The number of hydrogen-bond donors (Lipinski definition) is 2. The van der Waals surface area contributed by atoms with Gasteiger partial charge in [0, 0.05) is 0 Å². The van der Waals surface area contributed by atoms with Crippen LogP contribution in [0.1, 0.15) is 30.1 Å². The molecule has 6 nitrogen and oxygen atoms in total. The van der Waals surface area contributed by atoms with Gasteiger partial charge in [0.2, 0.25) is 0 Å². The fraction of sp³-hybridized carbons (Fsp3) is 0.200. The topological polar surface area (TPSA) is 91.5 Å². The molecular weight excluding hydrogens is 446 g/mol. The number of benzene rings is 2. The average molecular weight is 463 g/mol. The van der Waals surface area contributed by atoms with Crippen LogP contribution >= 0.6 is 15.9 Å². The molecule has 0 aliphatic carbocycles. The standard InChI is InChI=1S/C10H8BrFN2O.C10H9FN2O/c1-5(11)9-10(15)14-8-4-6(12)2-3-7(8)13-9;1-2-7-10(14)13-9-5-6(11)3-4-8(9)12-7/h2-5H,1H3,(H,14,15);3-5H,2H2,1H3,(H,13,14). The number of nitrogens with zero attached hydrogens (tertiary/aromatic N) is 2. The number of H-pyrrole nitrogens is 2. The van der Waals surface area contributed by atoms with Crippen molar-refractivity contribution < 1.29 is 8.78 Å². The lowest BCUT2D eigenvalue weighted by molar-refractivity contribution is 0.628. The molecule has 0 saturated heterocycles. The smallest absolute Gasteiger partial charge is 0.271 e. The third-order valence-corrected chi connectivity index (χ3v) is 4.55. The molecule has 0 aliphatic rings. The number of aryl methyl sites for hydroxylation is 1. The minimum Gasteiger partial charge on any atom is -0.319 e. The number of halogens is 3. The van der Waals surface area contributed by atoms with Gasteiger partial charge in [-0.2, -0.15) is 0 Å². The highest BCUT2D eigenvalue weighted by molar-refractivity contribution is 9.09. The van der Waals surface area contributed by atoms with Crippen molar-refractivity contribution in [2.24, 2.45) is 0 Å². The zero-order valence-corrected chi connectivity index (χ0v) is 17.2. The molecule has 4 aromatic rings. The van der Waals surface area contributed by atoms with Gasteiger partial charge in [0.15, 0.2) is 0 Å². The van der Waals surface area contributed by atoms with Gasteiger partial charge in [-0.1, -0.05) is 22.9 Å². The molecule has 9 heteroatoms. The van der Waals surface area contributed by atoms with E-state index in [1.165, 1.54) is 24.3 Å². The van der Waals surface area contributed by atoms with Crippen LogP contribution in [-0.4, -0.2) is 19.9 Å². The van der Waals surface area contributed by atoms with Gasteiger partial charge in [-0.15, -0.1) is 0 Å². The normalized spacial score (nSPS) is 11.9. The van der Waals surface area contributed by atoms with E-state index < -0.39 is 0 Å². The van der Waals surface area contributed by atoms with E-state index in [9.17, 15) is 18.4 Å². The van der Waals surface area contributed by atoms with Gasteiger partial charge in [0.05, 0.1) is 26.9 Å². The van der Waals surface area contributed by atoms with E-state index in [-0.39, 0.29) is 27.6 Å². The predicted molar refractivity (Wildman–Crippen MR) is 111 cm³/mol. The first kappa shape index (κ1) is 20.8. The molecule has 2 heterocycles. The van der Waals surface area contributed by atoms with E-state index in [0.717, 1.165) is 0 Å². The van der Waals surface area contributed by atoms with Crippen LogP contribution in [0, 0.1) is 11.6 Å². The number of hydrogen-bond acceptors (Lipinski definition) is 4. The van der Waals surface area contributed by atoms with E-state index >= 15 is 0 Å². The highest BCUT2D eigenvalue weighted by Gasteiger charge is 2.09. The Kier molecular flexibility index (Phi) is 6.17. The highest BCUT2D eigenvalue weighted by Crippen LogP contribution is 2.18. The van der Waals surface area contributed by atoms with Gasteiger partial charge in [0.25, 0.3) is 11.1 Å².